The summed E-state index contributed by atoms with van der Waals surface area (Å²) in [7, 11) is 0. The van der Waals surface area contributed by atoms with Crippen LogP contribution in [0.4, 0.5) is 10.1 Å². The van der Waals surface area contributed by atoms with E-state index in [1.54, 1.807) is 13.8 Å². The molecule has 0 unspecified atom stereocenters. The number of hydrogen-bond acceptors (Lipinski definition) is 5. The highest BCUT2D eigenvalue weighted by Crippen LogP contribution is 2.22. The van der Waals surface area contributed by atoms with Crippen LogP contribution >= 0.6 is 11.6 Å². The summed E-state index contributed by atoms with van der Waals surface area (Å²) in [5.74, 6) is -2.13. The third kappa shape index (κ3) is 5.07. The van der Waals surface area contributed by atoms with Gasteiger partial charge in [0.25, 0.3) is 0 Å². The first-order valence-electron chi connectivity index (χ1n) is 6.25. The van der Waals surface area contributed by atoms with Gasteiger partial charge in [0.2, 0.25) is 0 Å². The highest BCUT2D eigenvalue weighted by Gasteiger charge is 2.21. The van der Waals surface area contributed by atoms with Gasteiger partial charge >= 0.3 is 11.9 Å². The quantitative estimate of drug-likeness (QED) is 0.378. The fourth-order valence-electron chi connectivity index (χ4n) is 1.38. The third-order valence-corrected chi connectivity index (χ3v) is 2.61. The number of rotatable bonds is 6. The minimum Gasteiger partial charge on any atom is -0.462 e. The lowest BCUT2D eigenvalue weighted by Gasteiger charge is -2.08. The number of carbonyl (C=O) groups excluding carboxylic acids is 2. The summed E-state index contributed by atoms with van der Waals surface area (Å²) >= 11 is 5.83. The van der Waals surface area contributed by atoms with E-state index in [4.69, 9.17) is 21.1 Å². The Bertz CT molecular complexity index is 540. The molecule has 1 aromatic carbocycles. The molecule has 21 heavy (non-hydrogen) atoms. The molecule has 7 heteroatoms. The van der Waals surface area contributed by atoms with Crippen LogP contribution in [0, 0.1) is 5.82 Å². The number of carbonyl (C=O) groups is 2. The van der Waals surface area contributed by atoms with E-state index in [9.17, 15) is 14.0 Å². The van der Waals surface area contributed by atoms with E-state index in [1.807, 2.05) is 0 Å². The molecule has 0 bridgehead atoms. The zero-order chi connectivity index (χ0) is 15.8. The molecule has 1 rings (SSSR count). The SMILES string of the molecule is CCOC(=O)C(=CNc1ccc(F)cc1Cl)C(=O)OCC. The molecule has 114 valence electrons. The Morgan fingerprint density at radius 2 is 1.81 bits per heavy atom. The lowest BCUT2D eigenvalue weighted by atomic mass is 10.2. The molecule has 0 saturated heterocycles. The molecule has 1 aromatic rings. The first kappa shape index (κ1) is 17.0. The van der Waals surface area contributed by atoms with Crippen molar-refractivity contribution in [2.45, 2.75) is 13.8 Å². The molecule has 1 N–H and O–H groups in total. The van der Waals surface area contributed by atoms with Gasteiger partial charge < -0.3 is 14.8 Å². The average Bonchev–Trinajstić information content (AvgIpc) is 2.41. The second kappa shape index (κ2) is 8.26. The van der Waals surface area contributed by atoms with Crippen LogP contribution in [0.2, 0.25) is 5.02 Å². The molecule has 0 heterocycles. The van der Waals surface area contributed by atoms with Crippen LogP contribution in [0.1, 0.15) is 13.8 Å². The number of ether oxygens (including phenoxy) is 2. The normalized spacial score (nSPS) is 9.71. The standard InChI is InChI=1S/C14H15ClFNO4/c1-3-20-13(18)10(14(19)21-4-2)8-17-12-6-5-9(16)7-11(12)15/h5-8,17H,3-4H2,1-2H3. The summed E-state index contributed by atoms with van der Waals surface area (Å²) < 4.78 is 22.5. The fraction of sp³-hybridized carbons (Fsp3) is 0.286. The van der Waals surface area contributed by atoms with E-state index in [1.165, 1.54) is 12.1 Å². The maximum Gasteiger partial charge on any atom is 0.347 e. The van der Waals surface area contributed by atoms with Gasteiger partial charge in [-0.15, -0.1) is 0 Å². The van der Waals surface area contributed by atoms with Crippen LogP contribution in [0.25, 0.3) is 0 Å². The summed E-state index contributed by atoms with van der Waals surface area (Å²) in [4.78, 5) is 23.4. The third-order valence-electron chi connectivity index (χ3n) is 2.29. The summed E-state index contributed by atoms with van der Waals surface area (Å²) in [6.07, 6.45) is 1.12. The molecule has 0 amide bonds. The first-order chi connectivity index (χ1) is 9.99. The van der Waals surface area contributed by atoms with Crippen molar-refractivity contribution >= 4 is 29.2 Å². The maximum absolute atomic E-state index is 12.9. The number of benzene rings is 1. The molecule has 0 aliphatic rings. The molecule has 0 atom stereocenters. The van der Waals surface area contributed by atoms with E-state index in [0.717, 1.165) is 12.3 Å². The van der Waals surface area contributed by atoms with Crippen LogP contribution in [0.3, 0.4) is 0 Å². The van der Waals surface area contributed by atoms with E-state index in [-0.39, 0.29) is 23.8 Å². The van der Waals surface area contributed by atoms with Crippen LogP contribution in [0.15, 0.2) is 30.0 Å². The van der Waals surface area contributed by atoms with Crippen molar-refractivity contribution in [3.63, 3.8) is 0 Å². The fourth-order valence-corrected chi connectivity index (χ4v) is 1.60. The minimum absolute atomic E-state index is 0.110. The van der Waals surface area contributed by atoms with Crippen LogP contribution in [-0.4, -0.2) is 25.2 Å². The Kier molecular flexibility index (Phi) is 6.68. The number of nitrogens with one attached hydrogen (secondary N) is 1. The van der Waals surface area contributed by atoms with Crippen molar-refractivity contribution in [2.75, 3.05) is 18.5 Å². The zero-order valence-corrected chi connectivity index (χ0v) is 12.4. The number of halogens is 2. The van der Waals surface area contributed by atoms with Gasteiger partial charge in [-0.2, -0.15) is 0 Å². The molecule has 0 spiro atoms. The number of hydrogen-bond donors (Lipinski definition) is 1. The highest BCUT2D eigenvalue weighted by molar-refractivity contribution is 6.33. The maximum atomic E-state index is 12.9. The number of anilines is 1. The van der Waals surface area contributed by atoms with Crippen molar-refractivity contribution in [3.8, 4) is 0 Å². The van der Waals surface area contributed by atoms with E-state index < -0.39 is 17.8 Å². The van der Waals surface area contributed by atoms with Gasteiger partial charge in [0.05, 0.1) is 23.9 Å². The monoisotopic (exact) mass is 315 g/mol. The lowest BCUT2D eigenvalue weighted by Crippen LogP contribution is -2.19. The Morgan fingerprint density at radius 1 is 1.24 bits per heavy atom. The van der Waals surface area contributed by atoms with Crippen molar-refractivity contribution < 1.29 is 23.5 Å². The van der Waals surface area contributed by atoms with Gasteiger partial charge in [-0.25, -0.2) is 14.0 Å². The molecular formula is C14H15ClFNO4. The molecule has 0 aromatic heterocycles. The molecule has 0 radical (unpaired) electrons. The van der Waals surface area contributed by atoms with Gasteiger partial charge in [0, 0.05) is 6.20 Å². The summed E-state index contributed by atoms with van der Waals surface area (Å²) in [5, 5.41) is 2.77. The van der Waals surface area contributed by atoms with Crippen LogP contribution in [-0.2, 0) is 19.1 Å². The van der Waals surface area contributed by atoms with Crippen molar-refractivity contribution in [1.29, 1.82) is 0 Å². The summed E-state index contributed by atoms with van der Waals surface area (Å²) in [5.41, 5.74) is 0.0308. The molecule has 0 aliphatic carbocycles. The Hall–Kier alpha value is -2.08. The van der Waals surface area contributed by atoms with Crippen molar-refractivity contribution in [3.05, 3.63) is 40.8 Å². The van der Waals surface area contributed by atoms with Gasteiger partial charge in [-0.3, -0.25) is 0 Å². The Balaban J connectivity index is 2.96. The summed E-state index contributed by atoms with van der Waals surface area (Å²) in [6, 6.07) is 3.67. The first-order valence-corrected chi connectivity index (χ1v) is 6.63. The van der Waals surface area contributed by atoms with Gasteiger partial charge in [-0.05, 0) is 32.0 Å². The molecule has 0 aliphatic heterocycles. The van der Waals surface area contributed by atoms with Gasteiger partial charge in [-0.1, -0.05) is 11.6 Å². The van der Waals surface area contributed by atoms with Crippen LogP contribution < -0.4 is 5.32 Å². The van der Waals surface area contributed by atoms with Crippen LogP contribution in [0.5, 0.6) is 0 Å². The lowest BCUT2D eigenvalue weighted by molar-refractivity contribution is -0.146. The van der Waals surface area contributed by atoms with Gasteiger partial charge in [0.15, 0.2) is 5.57 Å². The highest BCUT2D eigenvalue weighted by atomic mass is 35.5. The van der Waals surface area contributed by atoms with Crippen molar-refractivity contribution in [2.24, 2.45) is 0 Å². The topological polar surface area (TPSA) is 64.6 Å². The molecule has 0 fully saturated rings. The predicted molar refractivity (Wildman–Crippen MR) is 76.4 cm³/mol. The van der Waals surface area contributed by atoms with E-state index in [2.05, 4.69) is 5.32 Å². The van der Waals surface area contributed by atoms with E-state index >= 15 is 0 Å². The van der Waals surface area contributed by atoms with Crippen molar-refractivity contribution in [1.82, 2.24) is 0 Å². The molecule has 0 saturated carbocycles. The second-order valence-electron chi connectivity index (χ2n) is 3.77. The number of esters is 2. The zero-order valence-electron chi connectivity index (χ0n) is 11.6. The predicted octanol–water partition coefficient (Wildman–Crippen LogP) is 2.90. The Labute approximate surface area is 126 Å². The average molecular weight is 316 g/mol. The van der Waals surface area contributed by atoms with E-state index in [0.29, 0.717) is 5.69 Å². The largest absolute Gasteiger partial charge is 0.462 e. The minimum atomic E-state index is -0.818. The molecular weight excluding hydrogens is 301 g/mol. The molecule has 5 nitrogen and oxygen atoms in total. The second-order valence-corrected chi connectivity index (χ2v) is 4.17. The van der Waals surface area contributed by atoms with Gasteiger partial charge in [0.1, 0.15) is 5.82 Å². The smallest absolute Gasteiger partial charge is 0.347 e. The Morgan fingerprint density at radius 3 is 2.29 bits per heavy atom. The summed E-state index contributed by atoms with van der Waals surface area (Å²) in [6.45, 7) is 3.47.